The Morgan fingerprint density at radius 2 is 1.78 bits per heavy atom. The van der Waals surface area contributed by atoms with E-state index in [2.05, 4.69) is 11.9 Å². The van der Waals surface area contributed by atoms with Crippen molar-refractivity contribution >= 4 is 54.8 Å². The summed E-state index contributed by atoms with van der Waals surface area (Å²) in [4.78, 5) is 21.1. The lowest BCUT2D eigenvalue weighted by Crippen LogP contribution is -2.37. The molecule has 3 aromatic rings. The van der Waals surface area contributed by atoms with E-state index in [4.69, 9.17) is 0 Å². The number of benzene rings is 2. The van der Waals surface area contributed by atoms with Gasteiger partial charge in [-0.1, -0.05) is 24.3 Å². The van der Waals surface area contributed by atoms with Gasteiger partial charge in [-0.2, -0.15) is 0 Å². The highest BCUT2D eigenvalue weighted by Gasteiger charge is 2.26. The van der Waals surface area contributed by atoms with Crippen LogP contribution in [0.3, 0.4) is 0 Å². The Kier molecular flexibility index (Phi) is 9.15. The second-order valence-corrected chi connectivity index (χ2v) is 10.6. The van der Waals surface area contributed by atoms with Crippen LogP contribution in [0.25, 0.3) is 10.2 Å². The molecule has 0 aliphatic rings. The van der Waals surface area contributed by atoms with E-state index in [1.165, 1.54) is 33.9 Å². The molecular formula is C22H27ClFN3O3S2. The lowest BCUT2D eigenvalue weighted by atomic mass is 10.2. The van der Waals surface area contributed by atoms with E-state index in [0.29, 0.717) is 18.1 Å². The highest BCUT2D eigenvalue weighted by Crippen LogP contribution is 2.30. The summed E-state index contributed by atoms with van der Waals surface area (Å²) in [6.45, 7) is 3.18. The number of sulfone groups is 1. The lowest BCUT2D eigenvalue weighted by Gasteiger charge is -2.21. The maximum atomic E-state index is 13.2. The first-order chi connectivity index (χ1) is 14.7. The quantitative estimate of drug-likeness (QED) is 0.413. The molecule has 1 amide bonds. The molecular weight excluding hydrogens is 473 g/mol. The van der Waals surface area contributed by atoms with Crippen molar-refractivity contribution in [3.8, 4) is 0 Å². The van der Waals surface area contributed by atoms with E-state index in [9.17, 15) is 17.6 Å². The molecule has 6 nitrogen and oxygen atoms in total. The monoisotopic (exact) mass is 499 g/mol. The summed E-state index contributed by atoms with van der Waals surface area (Å²) in [6.07, 6.45) is 1.57. The Morgan fingerprint density at radius 1 is 1.09 bits per heavy atom. The van der Waals surface area contributed by atoms with Crippen LogP contribution in [0.1, 0.15) is 18.9 Å². The minimum Gasteiger partial charge on any atom is -0.309 e. The van der Waals surface area contributed by atoms with Crippen molar-refractivity contribution in [2.75, 3.05) is 37.8 Å². The molecule has 3 rings (SSSR count). The summed E-state index contributed by atoms with van der Waals surface area (Å²) in [5.74, 6) is -1.77. The van der Waals surface area contributed by atoms with E-state index in [1.54, 1.807) is 0 Å². The number of carbonyl (C=O) groups excluding carboxylic acids is 1. The predicted octanol–water partition coefficient (Wildman–Crippen LogP) is 4.18. The van der Waals surface area contributed by atoms with Crippen molar-refractivity contribution < 1.29 is 17.6 Å². The Bertz CT molecular complexity index is 1160. The van der Waals surface area contributed by atoms with Crippen LogP contribution in [-0.4, -0.2) is 57.1 Å². The molecule has 0 unspecified atom stereocenters. The minimum absolute atomic E-state index is 0. The van der Waals surface area contributed by atoms with E-state index in [1.807, 2.05) is 37.2 Å². The number of hydrogen-bond acceptors (Lipinski definition) is 6. The molecule has 0 radical (unpaired) electrons. The number of aryl methyl sites for hydroxylation is 1. The van der Waals surface area contributed by atoms with Crippen LogP contribution in [0.15, 0.2) is 47.4 Å². The number of rotatable bonds is 9. The molecule has 0 saturated carbocycles. The lowest BCUT2D eigenvalue weighted by molar-refractivity contribution is -0.116. The summed E-state index contributed by atoms with van der Waals surface area (Å²) in [5, 5.41) is 0.487. The zero-order valence-corrected chi connectivity index (χ0v) is 20.7. The Hall–Kier alpha value is -2.07. The van der Waals surface area contributed by atoms with Gasteiger partial charge in [0.05, 0.1) is 15.1 Å². The highest BCUT2D eigenvalue weighted by atomic mass is 35.5. The fourth-order valence-electron chi connectivity index (χ4n) is 3.13. The average Bonchev–Trinajstić information content (AvgIpc) is 3.13. The van der Waals surface area contributed by atoms with Crippen LogP contribution in [-0.2, 0) is 21.1 Å². The normalized spacial score (nSPS) is 11.5. The Balaban J connectivity index is 0.00000363. The Labute approximate surface area is 198 Å². The van der Waals surface area contributed by atoms with Crippen LogP contribution in [0.4, 0.5) is 9.52 Å². The Morgan fingerprint density at radius 3 is 2.41 bits per heavy atom. The van der Waals surface area contributed by atoms with Crippen molar-refractivity contribution in [2.45, 2.75) is 24.7 Å². The fraction of sp³-hybridized carbons (Fsp3) is 0.364. The molecule has 10 heteroatoms. The number of hydrogen-bond donors (Lipinski definition) is 0. The number of aromatic nitrogens is 1. The van der Waals surface area contributed by atoms with Crippen LogP contribution in [0, 0.1) is 5.82 Å². The number of thiazole rings is 1. The van der Waals surface area contributed by atoms with Crippen molar-refractivity contribution in [1.82, 2.24) is 9.88 Å². The summed E-state index contributed by atoms with van der Waals surface area (Å²) in [7, 11) is -0.0236. The third-order valence-corrected chi connectivity index (χ3v) is 7.51. The summed E-state index contributed by atoms with van der Waals surface area (Å²) in [6, 6.07) is 10.5. The molecule has 32 heavy (non-hydrogen) atoms. The molecule has 0 aliphatic carbocycles. The molecule has 0 spiro atoms. The minimum atomic E-state index is -3.90. The highest BCUT2D eigenvalue weighted by molar-refractivity contribution is 7.92. The van der Waals surface area contributed by atoms with Crippen LogP contribution in [0.2, 0.25) is 0 Å². The van der Waals surface area contributed by atoms with Gasteiger partial charge >= 0.3 is 0 Å². The number of amides is 1. The van der Waals surface area contributed by atoms with E-state index < -0.39 is 27.3 Å². The molecule has 0 N–H and O–H groups in total. The molecule has 0 fully saturated rings. The summed E-state index contributed by atoms with van der Waals surface area (Å²) < 4.78 is 39.6. The van der Waals surface area contributed by atoms with Gasteiger partial charge in [-0.15, -0.1) is 12.4 Å². The standard InChI is InChI=1S/C22H26FN3O3S2.ClH/c1-4-16-6-11-19-20(14-16)30-22(24-19)26(13-5-12-25(2)3)21(27)15-31(28,29)18-9-7-17(23)8-10-18;/h6-11,14H,4-5,12-13,15H2,1-3H3;1H. The molecule has 174 valence electrons. The molecule has 0 atom stereocenters. The second-order valence-electron chi connectivity index (χ2n) is 7.57. The third kappa shape index (κ3) is 6.48. The van der Waals surface area contributed by atoms with Gasteiger partial charge in [0.25, 0.3) is 0 Å². The van der Waals surface area contributed by atoms with Gasteiger partial charge in [-0.3, -0.25) is 9.69 Å². The van der Waals surface area contributed by atoms with Crippen LogP contribution in [0.5, 0.6) is 0 Å². The number of halogens is 2. The molecule has 1 aromatic heterocycles. The third-order valence-electron chi connectivity index (χ3n) is 4.86. The number of carbonyl (C=O) groups is 1. The van der Waals surface area contributed by atoms with Gasteiger partial charge < -0.3 is 4.90 Å². The van der Waals surface area contributed by atoms with E-state index in [-0.39, 0.29) is 17.3 Å². The molecule has 0 aliphatic heterocycles. The smallest absolute Gasteiger partial charge is 0.244 e. The predicted molar refractivity (Wildman–Crippen MR) is 130 cm³/mol. The summed E-state index contributed by atoms with van der Waals surface area (Å²) in [5.41, 5.74) is 1.95. The van der Waals surface area contributed by atoms with Crippen LogP contribution < -0.4 is 4.90 Å². The van der Waals surface area contributed by atoms with Gasteiger partial charge in [0.15, 0.2) is 15.0 Å². The van der Waals surface area contributed by atoms with E-state index >= 15 is 0 Å². The van der Waals surface area contributed by atoms with Crippen molar-refractivity contribution in [2.24, 2.45) is 0 Å². The van der Waals surface area contributed by atoms with Crippen molar-refractivity contribution in [3.05, 3.63) is 53.8 Å². The largest absolute Gasteiger partial charge is 0.309 e. The van der Waals surface area contributed by atoms with Crippen LogP contribution >= 0.6 is 23.7 Å². The SMILES string of the molecule is CCc1ccc2nc(N(CCCN(C)C)C(=O)CS(=O)(=O)c3ccc(F)cc3)sc2c1.Cl. The fourth-order valence-corrected chi connectivity index (χ4v) is 5.40. The second kappa shape index (κ2) is 11.2. The van der Waals surface area contributed by atoms with Gasteiger partial charge in [0, 0.05) is 6.54 Å². The van der Waals surface area contributed by atoms with Gasteiger partial charge in [-0.25, -0.2) is 17.8 Å². The maximum absolute atomic E-state index is 13.2. The topological polar surface area (TPSA) is 70.6 Å². The van der Waals surface area contributed by atoms with Crippen molar-refractivity contribution in [3.63, 3.8) is 0 Å². The average molecular weight is 500 g/mol. The first kappa shape index (κ1) is 26.2. The maximum Gasteiger partial charge on any atom is 0.244 e. The number of fused-ring (bicyclic) bond motifs is 1. The molecule has 2 aromatic carbocycles. The van der Waals surface area contributed by atoms with E-state index in [0.717, 1.165) is 35.3 Å². The van der Waals surface area contributed by atoms with Gasteiger partial charge in [0.1, 0.15) is 11.6 Å². The zero-order chi connectivity index (χ0) is 22.6. The van der Waals surface area contributed by atoms with Gasteiger partial charge in [0.2, 0.25) is 5.91 Å². The zero-order valence-electron chi connectivity index (χ0n) is 18.2. The molecule has 0 saturated heterocycles. The van der Waals surface area contributed by atoms with Crippen molar-refractivity contribution in [1.29, 1.82) is 0 Å². The number of anilines is 1. The number of nitrogens with zero attached hydrogens (tertiary/aromatic N) is 3. The van der Waals surface area contributed by atoms with Gasteiger partial charge in [-0.05, 0) is 75.4 Å². The summed E-state index contributed by atoms with van der Waals surface area (Å²) >= 11 is 1.38. The first-order valence-corrected chi connectivity index (χ1v) is 12.5. The molecule has 0 bridgehead atoms. The first-order valence-electron chi connectivity index (χ1n) is 10.0. The molecule has 1 heterocycles.